The van der Waals surface area contributed by atoms with Gasteiger partial charge in [-0.2, -0.15) is 36.3 Å². The van der Waals surface area contributed by atoms with E-state index in [4.69, 9.17) is 23.2 Å². The molecule has 0 aliphatic heterocycles. The van der Waals surface area contributed by atoms with E-state index in [-0.39, 0.29) is 5.69 Å². The molecule has 0 N–H and O–H groups in total. The topological polar surface area (TPSA) is 71.6 Å². The van der Waals surface area contributed by atoms with Crippen LogP contribution in [0, 0.1) is 16.5 Å². The van der Waals surface area contributed by atoms with Crippen molar-refractivity contribution in [3.05, 3.63) is 63.2 Å². The molecule has 3 aromatic rings. The molecule has 0 saturated carbocycles. The standard InChI is InChI=1S/C18H8Cl2F6N5OS/c1-29(10-2-4-30(32)5-3-10)16-15(33-18(24,25)26)13(8-27)28-31(16)14-11(19)6-9(7-12(14)20)17(21,22)23/h2-7H,1H2/q+1. The van der Waals surface area contributed by atoms with E-state index in [0.717, 1.165) is 17.0 Å². The predicted octanol–water partition coefficient (Wildman–Crippen LogP) is 5.85. The van der Waals surface area contributed by atoms with Crippen LogP contribution in [0.2, 0.25) is 10.0 Å². The highest BCUT2D eigenvalue weighted by Gasteiger charge is 2.41. The minimum atomic E-state index is -4.86. The summed E-state index contributed by atoms with van der Waals surface area (Å²) < 4.78 is 81.1. The molecule has 0 spiro atoms. The number of rotatable bonds is 4. The minimum Gasteiger partial charge on any atom is -0.619 e. The van der Waals surface area contributed by atoms with Gasteiger partial charge in [-0.25, -0.2) is 4.58 Å². The molecule has 6 nitrogen and oxygen atoms in total. The lowest BCUT2D eigenvalue weighted by molar-refractivity contribution is -0.605. The highest BCUT2D eigenvalue weighted by atomic mass is 35.5. The molecule has 0 atom stereocenters. The SMILES string of the molecule is C=[N+](c1cc[n+]([O-])cc1)c1c(SC(F)(F)F)c(C#N)nn1-c1c(Cl)cc(C(F)(F)F)cc1Cl. The Kier molecular flexibility index (Phi) is 6.56. The van der Waals surface area contributed by atoms with Gasteiger partial charge < -0.3 is 5.21 Å². The van der Waals surface area contributed by atoms with Crippen LogP contribution in [0.3, 0.4) is 0 Å². The zero-order valence-electron chi connectivity index (χ0n) is 15.7. The number of halogens is 8. The highest BCUT2D eigenvalue weighted by Crippen LogP contribution is 2.46. The Morgan fingerprint density at radius 2 is 1.67 bits per heavy atom. The lowest BCUT2D eigenvalue weighted by Gasteiger charge is -2.12. The van der Waals surface area contributed by atoms with Crippen LogP contribution in [0.1, 0.15) is 11.3 Å². The molecule has 33 heavy (non-hydrogen) atoms. The molecule has 2 aromatic heterocycles. The molecule has 0 fully saturated rings. The summed E-state index contributed by atoms with van der Waals surface area (Å²) in [7, 11) is 0. The van der Waals surface area contributed by atoms with E-state index in [1.165, 1.54) is 18.2 Å². The van der Waals surface area contributed by atoms with Crippen LogP contribution in [0.25, 0.3) is 5.69 Å². The largest absolute Gasteiger partial charge is 0.619 e. The molecule has 3 rings (SSSR count). The highest BCUT2D eigenvalue weighted by molar-refractivity contribution is 8.00. The van der Waals surface area contributed by atoms with E-state index in [9.17, 15) is 36.8 Å². The number of hydrogen-bond acceptors (Lipinski definition) is 4. The summed E-state index contributed by atoms with van der Waals surface area (Å²) in [5, 5.41) is 23.3. The van der Waals surface area contributed by atoms with Crippen LogP contribution in [-0.2, 0) is 6.18 Å². The number of thioether (sulfide) groups is 1. The zero-order chi connectivity index (χ0) is 24.7. The molecule has 0 saturated heterocycles. The average Bonchev–Trinajstić information content (AvgIpc) is 3.02. The van der Waals surface area contributed by atoms with E-state index in [2.05, 4.69) is 11.8 Å². The van der Waals surface area contributed by atoms with Gasteiger partial charge in [-0.3, -0.25) is 0 Å². The third-order valence-electron chi connectivity index (χ3n) is 4.05. The molecule has 0 aliphatic rings. The van der Waals surface area contributed by atoms with Gasteiger partial charge >= 0.3 is 17.5 Å². The van der Waals surface area contributed by atoms with E-state index >= 15 is 0 Å². The van der Waals surface area contributed by atoms with Gasteiger partial charge in [0.15, 0.2) is 18.1 Å². The van der Waals surface area contributed by atoms with Gasteiger partial charge in [-0.05, 0) is 23.9 Å². The second kappa shape index (κ2) is 8.77. The molecule has 0 bridgehead atoms. The first-order valence-electron chi connectivity index (χ1n) is 8.38. The van der Waals surface area contributed by atoms with Crippen molar-refractivity contribution in [1.29, 1.82) is 5.26 Å². The summed E-state index contributed by atoms with van der Waals surface area (Å²) in [5.41, 5.74) is -7.08. The number of alkyl halides is 6. The second-order valence-corrected chi connectivity index (χ2v) is 8.09. The molecule has 172 valence electrons. The Hall–Kier alpha value is -2.95. The average molecular weight is 527 g/mol. The quantitative estimate of drug-likeness (QED) is 0.140. The number of nitriles is 1. The number of nitrogens with zero attached hydrogens (tertiary/aromatic N) is 5. The maximum Gasteiger partial charge on any atom is 0.446 e. The summed E-state index contributed by atoms with van der Waals surface area (Å²) in [6.45, 7) is 3.65. The van der Waals surface area contributed by atoms with Gasteiger partial charge in [0.1, 0.15) is 16.7 Å². The van der Waals surface area contributed by atoms with Gasteiger partial charge in [0.25, 0.3) is 0 Å². The van der Waals surface area contributed by atoms with Crippen LogP contribution in [-0.4, -0.2) is 22.0 Å². The maximum absolute atomic E-state index is 13.3. The summed E-state index contributed by atoms with van der Waals surface area (Å²) in [4.78, 5) is -0.703. The number of pyridine rings is 1. The monoisotopic (exact) mass is 526 g/mol. The fraction of sp³-hybridized carbons (Fsp3) is 0.111. The van der Waals surface area contributed by atoms with E-state index in [1.807, 2.05) is 0 Å². The molecule has 0 unspecified atom stereocenters. The van der Waals surface area contributed by atoms with E-state index in [0.29, 0.717) is 21.5 Å². The second-order valence-electron chi connectivity index (χ2n) is 6.20. The van der Waals surface area contributed by atoms with Crippen LogP contribution in [0.15, 0.2) is 41.6 Å². The number of aromatic nitrogens is 3. The first-order valence-corrected chi connectivity index (χ1v) is 9.95. The molecule has 1 aromatic carbocycles. The van der Waals surface area contributed by atoms with Crippen molar-refractivity contribution in [3.63, 3.8) is 0 Å². The van der Waals surface area contributed by atoms with E-state index in [1.54, 1.807) is 0 Å². The van der Waals surface area contributed by atoms with Gasteiger partial charge in [-0.1, -0.05) is 33.0 Å². The summed E-state index contributed by atoms with van der Waals surface area (Å²) in [6, 6.07) is 4.97. The van der Waals surface area contributed by atoms with Crippen molar-refractivity contribution in [2.45, 2.75) is 16.6 Å². The fourth-order valence-corrected chi connectivity index (χ4v) is 4.06. The van der Waals surface area contributed by atoms with Crippen molar-refractivity contribution < 1.29 is 31.1 Å². The van der Waals surface area contributed by atoms with Crippen molar-refractivity contribution >= 4 is 53.2 Å². The molecule has 15 heteroatoms. The van der Waals surface area contributed by atoms with Gasteiger partial charge in [0, 0.05) is 0 Å². The Bertz CT molecular complexity index is 1260. The zero-order valence-corrected chi connectivity index (χ0v) is 18.1. The van der Waals surface area contributed by atoms with Gasteiger partial charge in [0.2, 0.25) is 5.69 Å². The lowest BCUT2D eigenvalue weighted by atomic mass is 10.2. The van der Waals surface area contributed by atoms with Gasteiger partial charge in [-0.15, -0.1) is 0 Å². The van der Waals surface area contributed by atoms with Crippen molar-refractivity contribution in [2.24, 2.45) is 0 Å². The minimum absolute atomic E-state index is 0.0934. The van der Waals surface area contributed by atoms with Crippen LogP contribution in [0.4, 0.5) is 37.8 Å². The van der Waals surface area contributed by atoms with Crippen molar-refractivity contribution in [2.75, 3.05) is 0 Å². The predicted molar refractivity (Wildman–Crippen MR) is 109 cm³/mol. The molecule has 0 amide bonds. The fourth-order valence-electron chi connectivity index (χ4n) is 2.71. The lowest BCUT2D eigenvalue weighted by Crippen LogP contribution is -2.24. The first kappa shape index (κ1) is 24.7. The van der Waals surface area contributed by atoms with Crippen LogP contribution in [0.5, 0.6) is 0 Å². The van der Waals surface area contributed by atoms with Crippen LogP contribution < -0.4 is 9.31 Å². The summed E-state index contributed by atoms with van der Waals surface area (Å²) in [6.07, 6.45) is -2.73. The van der Waals surface area contributed by atoms with Crippen molar-refractivity contribution in [3.8, 4) is 11.8 Å². The molecular formula is C18H8Cl2F6N5OS+. The third kappa shape index (κ3) is 5.18. The van der Waals surface area contributed by atoms with Gasteiger partial charge in [0.05, 0.1) is 34.5 Å². The Morgan fingerprint density at radius 3 is 2.12 bits per heavy atom. The Morgan fingerprint density at radius 1 is 1.12 bits per heavy atom. The summed E-state index contributed by atoms with van der Waals surface area (Å²) in [5.74, 6) is -0.471. The Labute approximate surface area is 195 Å². The molecule has 0 aliphatic carbocycles. The normalized spacial score (nSPS) is 12.0. The molecular weight excluding hydrogens is 519 g/mol. The molecule has 0 radical (unpaired) electrons. The van der Waals surface area contributed by atoms with Crippen molar-refractivity contribution in [1.82, 2.24) is 14.4 Å². The maximum atomic E-state index is 13.3. The third-order valence-corrected chi connectivity index (χ3v) is 5.44. The van der Waals surface area contributed by atoms with Crippen LogP contribution >= 0.6 is 35.0 Å². The van der Waals surface area contributed by atoms with E-state index < -0.39 is 61.1 Å². The number of benzene rings is 1. The first-order chi connectivity index (χ1) is 15.2. The Balaban J connectivity index is 2.34. The smallest absolute Gasteiger partial charge is 0.446 e. The number of hydrogen-bond donors (Lipinski definition) is 0. The summed E-state index contributed by atoms with van der Waals surface area (Å²) >= 11 is 11.4. The molecule has 2 heterocycles.